The number of aryl methyl sites for hydroxylation is 1. The van der Waals surface area contributed by atoms with E-state index in [-0.39, 0.29) is 0 Å². The highest BCUT2D eigenvalue weighted by atomic mass is 14.2. The molecule has 2 rings (SSSR count). The number of hydrogen-bond donors (Lipinski definition) is 0. The van der Waals surface area contributed by atoms with Crippen LogP contribution in [0.5, 0.6) is 0 Å². The van der Waals surface area contributed by atoms with Gasteiger partial charge >= 0.3 is 0 Å². The molecule has 0 heteroatoms. The third kappa shape index (κ3) is 3.37. The molecule has 2 aromatic rings. The molecule has 0 aliphatic rings. The molecule has 0 saturated carbocycles. The molecule has 1 unspecified atom stereocenters. The van der Waals surface area contributed by atoms with Crippen LogP contribution in [0.4, 0.5) is 0 Å². The normalized spacial score (nSPS) is 13.4. The predicted octanol–water partition coefficient (Wildman–Crippen LogP) is 5.93. The quantitative estimate of drug-likeness (QED) is 0.634. The van der Waals surface area contributed by atoms with E-state index in [0.29, 0.717) is 11.8 Å². The lowest BCUT2D eigenvalue weighted by atomic mass is 9.81. The van der Waals surface area contributed by atoms with Crippen molar-refractivity contribution >= 4 is 10.8 Å². The van der Waals surface area contributed by atoms with Crippen LogP contribution in [-0.2, 0) is 0 Å². The second-order valence-corrected chi connectivity index (χ2v) is 6.59. The molecule has 0 aliphatic heterocycles. The van der Waals surface area contributed by atoms with Crippen molar-refractivity contribution in [3.63, 3.8) is 0 Å². The van der Waals surface area contributed by atoms with Gasteiger partial charge in [-0.1, -0.05) is 69.7 Å². The molecule has 19 heavy (non-hydrogen) atoms. The molecule has 0 aromatic heterocycles. The summed E-state index contributed by atoms with van der Waals surface area (Å²) in [5.74, 6) is 2.12. The summed E-state index contributed by atoms with van der Waals surface area (Å²) < 4.78 is 0. The summed E-state index contributed by atoms with van der Waals surface area (Å²) in [5.41, 5.74) is 2.84. The second kappa shape index (κ2) is 5.77. The van der Waals surface area contributed by atoms with Gasteiger partial charge in [0.05, 0.1) is 0 Å². The van der Waals surface area contributed by atoms with Gasteiger partial charge in [0, 0.05) is 0 Å². The maximum Gasteiger partial charge on any atom is -0.0136 e. The first-order chi connectivity index (χ1) is 8.97. The van der Waals surface area contributed by atoms with E-state index in [0.717, 1.165) is 5.92 Å². The van der Waals surface area contributed by atoms with E-state index in [1.807, 2.05) is 0 Å². The summed E-state index contributed by atoms with van der Waals surface area (Å²) in [7, 11) is 0. The Morgan fingerprint density at radius 1 is 0.842 bits per heavy atom. The molecule has 0 aliphatic carbocycles. The third-order valence-corrected chi connectivity index (χ3v) is 3.98. The maximum atomic E-state index is 2.39. The lowest BCUT2D eigenvalue weighted by molar-refractivity contribution is 0.408. The fraction of sp³-hybridized carbons (Fsp3) is 0.474. The van der Waals surface area contributed by atoms with Gasteiger partial charge in [0.15, 0.2) is 0 Å². The Hall–Kier alpha value is -1.30. The molecule has 0 N–H and O–H groups in total. The fourth-order valence-corrected chi connectivity index (χ4v) is 2.92. The summed E-state index contributed by atoms with van der Waals surface area (Å²) in [4.78, 5) is 0. The van der Waals surface area contributed by atoms with Gasteiger partial charge in [-0.25, -0.2) is 0 Å². The van der Waals surface area contributed by atoms with Crippen LogP contribution in [0.1, 0.15) is 51.2 Å². The Labute approximate surface area is 117 Å². The molecule has 0 saturated heterocycles. The largest absolute Gasteiger partial charge is 0.0628 e. The minimum Gasteiger partial charge on any atom is -0.0628 e. The molecular formula is C19H26. The van der Waals surface area contributed by atoms with E-state index in [9.17, 15) is 0 Å². The van der Waals surface area contributed by atoms with Crippen LogP contribution in [-0.4, -0.2) is 0 Å². The average molecular weight is 254 g/mol. The number of fused-ring (bicyclic) bond motifs is 1. The Morgan fingerprint density at radius 3 is 2.11 bits per heavy atom. The van der Waals surface area contributed by atoms with Crippen LogP contribution in [0.25, 0.3) is 10.8 Å². The molecule has 0 radical (unpaired) electrons. The van der Waals surface area contributed by atoms with Crippen molar-refractivity contribution < 1.29 is 0 Å². The van der Waals surface area contributed by atoms with Gasteiger partial charge in [-0.05, 0) is 47.4 Å². The van der Waals surface area contributed by atoms with Gasteiger partial charge in [0.1, 0.15) is 0 Å². The highest BCUT2D eigenvalue weighted by Gasteiger charge is 2.17. The lowest BCUT2D eigenvalue weighted by Gasteiger charge is -2.23. The van der Waals surface area contributed by atoms with E-state index in [1.165, 1.54) is 28.3 Å². The van der Waals surface area contributed by atoms with Crippen molar-refractivity contribution in [1.82, 2.24) is 0 Å². The summed E-state index contributed by atoms with van der Waals surface area (Å²) in [5, 5.41) is 2.73. The average Bonchev–Trinajstić information content (AvgIpc) is 2.35. The van der Waals surface area contributed by atoms with Gasteiger partial charge in [-0.15, -0.1) is 0 Å². The first kappa shape index (κ1) is 14.1. The van der Waals surface area contributed by atoms with Crippen molar-refractivity contribution in [3.8, 4) is 0 Å². The molecule has 102 valence electrons. The summed E-state index contributed by atoms with van der Waals surface area (Å²) in [6.07, 6.45) is 1.27. The van der Waals surface area contributed by atoms with Crippen LogP contribution in [0.15, 0.2) is 36.4 Å². The number of rotatable bonds is 4. The van der Waals surface area contributed by atoms with Crippen LogP contribution >= 0.6 is 0 Å². The standard InChI is InChI=1S/C19H26/c1-13(2)10-19(14(3)4)18-9-8-16-11-15(5)6-7-17(16)12-18/h6-9,11-14,19H,10H2,1-5H3. The Balaban J connectivity index is 2.40. The van der Waals surface area contributed by atoms with Crippen molar-refractivity contribution in [2.75, 3.05) is 0 Å². The smallest absolute Gasteiger partial charge is 0.0136 e. The zero-order valence-electron chi connectivity index (χ0n) is 12.9. The lowest BCUT2D eigenvalue weighted by Crippen LogP contribution is -2.09. The van der Waals surface area contributed by atoms with E-state index in [2.05, 4.69) is 71.0 Å². The summed E-state index contributed by atoms with van der Waals surface area (Å²) >= 11 is 0. The molecule has 2 aromatic carbocycles. The monoisotopic (exact) mass is 254 g/mol. The zero-order chi connectivity index (χ0) is 14.0. The molecule has 0 nitrogen and oxygen atoms in total. The van der Waals surface area contributed by atoms with Crippen LogP contribution in [0.2, 0.25) is 0 Å². The number of hydrogen-bond acceptors (Lipinski definition) is 0. The van der Waals surface area contributed by atoms with Gasteiger partial charge in [0.25, 0.3) is 0 Å². The topological polar surface area (TPSA) is 0 Å². The molecule has 0 amide bonds. The third-order valence-electron chi connectivity index (χ3n) is 3.98. The first-order valence-electron chi connectivity index (χ1n) is 7.47. The van der Waals surface area contributed by atoms with E-state index in [4.69, 9.17) is 0 Å². The SMILES string of the molecule is Cc1ccc2cc(C(CC(C)C)C(C)C)ccc2c1. The van der Waals surface area contributed by atoms with Crippen LogP contribution in [0.3, 0.4) is 0 Å². The van der Waals surface area contributed by atoms with Crippen molar-refractivity contribution in [2.45, 2.75) is 47.0 Å². The first-order valence-corrected chi connectivity index (χ1v) is 7.47. The summed E-state index contributed by atoms with van der Waals surface area (Å²) in [6, 6.07) is 13.7. The van der Waals surface area contributed by atoms with Crippen LogP contribution < -0.4 is 0 Å². The van der Waals surface area contributed by atoms with Crippen molar-refractivity contribution in [3.05, 3.63) is 47.5 Å². The van der Waals surface area contributed by atoms with Crippen LogP contribution in [0, 0.1) is 18.8 Å². The second-order valence-electron chi connectivity index (χ2n) is 6.59. The van der Waals surface area contributed by atoms with Gasteiger partial charge in [-0.3, -0.25) is 0 Å². The Morgan fingerprint density at radius 2 is 1.47 bits per heavy atom. The Kier molecular flexibility index (Phi) is 4.29. The van der Waals surface area contributed by atoms with E-state index < -0.39 is 0 Å². The van der Waals surface area contributed by atoms with Crippen molar-refractivity contribution in [1.29, 1.82) is 0 Å². The van der Waals surface area contributed by atoms with Gasteiger partial charge in [-0.2, -0.15) is 0 Å². The van der Waals surface area contributed by atoms with Crippen molar-refractivity contribution in [2.24, 2.45) is 11.8 Å². The minimum atomic E-state index is 0.672. The number of benzene rings is 2. The molecule has 0 heterocycles. The van der Waals surface area contributed by atoms with Gasteiger partial charge < -0.3 is 0 Å². The highest BCUT2D eigenvalue weighted by molar-refractivity contribution is 5.83. The molecule has 1 atom stereocenters. The van der Waals surface area contributed by atoms with Gasteiger partial charge in [0.2, 0.25) is 0 Å². The summed E-state index contributed by atoms with van der Waals surface area (Å²) in [6.45, 7) is 11.5. The Bertz CT molecular complexity index is 549. The molecule has 0 fully saturated rings. The highest BCUT2D eigenvalue weighted by Crippen LogP contribution is 2.32. The minimum absolute atomic E-state index is 0.672. The molecule has 0 spiro atoms. The zero-order valence-corrected chi connectivity index (χ0v) is 12.9. The van der Waals surface area contributed by atoms with E-state index >= 15 is 0 Å². The maximum absolute atomic E-state index is 2.39. The molecule has 0 bridgehead atoms. The fourth-order valence-electron chi connectivity index (χ4n) is 2.92. The molecular weight excluding hydrogens is 228 g/mol. The van der Waals surface area contributed by atoms with E-state index in [1.54, 1.807) is 0 Å². The predicted molar refractivity (Wildman–Crippen MR) is 85.7 cm³/mol.